The van der Waals surface area contributed by atoms with Gasteiger partial charge in [0.15, 0.2) is 0 Å². The molecule has 0 aromatic heterocycles. The molecule has 0 unspecified atom stereocenters. The molecule has 0 aliphatic rings. The summed E-state index contributed by atoms with van der Waals surface area (Å²) in [5.41, 5.74) is 6.31. The number of rotatable bonds is 6. The van der Waals surface area contributed by atoms with Crippen LogP contribution in [0, 0.1) is 15.5 Å². The van der Waals surface area contributed by atoms with Crippen LogP contribution in [0.4, 0.5) is 11.4 Å². The predicted molar refractivity (Wildman–Crippen MR) is 76.2 cm³/mol. The quantitative estimate of drug-likeness (QED) is 0.332. The highest BCUT2D eigenvalue weighted by atomic mass is 16.6. The van der Waals surface area contributed by atoms with E-state index >= 15 is 0 Å². The van der Waals surface area contributed by atoms with Crippen molar-refractivity contribution in [1.29, 1.82) is 0 Å². The second kappa shape index (κ2) is 6.18. The normalized spacial score (nSPS) is 10.8. The van der Waals surface area contributed by atoms with Crippen LogP contribution in [-0.2, 0) is 4.79 Å². The Balaban J connectivity index is 2.91. The van der Waals surface area contributed by atoms with Crippen molar-refractivity contribution in [3.63, 3.8) is 0 Å². The lowest BCUT2D eigenvalue weighted by Crippen LogP contribution is -2.42. The Morgan fingerprint density at radius 1 is 1.38 bits per heavy atom. The zero-order valence-corrected chi connectivity index (χ0v) is 11.7. The average molecular weight is 295 g/mol. The summed E-state index contributed by atoms with van der Waals surface area (Å²) in [6, 6.07) is 3.81. The molecule has 0 saturated carbocycles. The first-order chi connectivity index (χ1) is 9.69. The maximum Gasteiger partial charge on any atom is 0.294 e. The Bertz CT molecular complexity index is 585. The van der Waals surface area contributed by atoms with E-state index < -0.39 is 22.2 Å². The lowest BCUT2D eigenvalue weighted by atomic mass is 9.92. The monoisotopic (exact) mass is 295 g/mol. The van der Waals surface area contributed by atoms with Gasteiger partial charge in [-0.25, -0.2) is 0 Å². The number of nitrogens with one attached hydrogen (secondary N) is 2. The summed E-state index contributed by atoms with van der Waals surface area (Å²) >= 11 is 0. The van der Waals surface area contributed by atoms with Gasteiger partial charge in [0.25, 0.3) is 11.6 Å². The molecule has 0 atom stereocenters. The second-order valence-corrected chi connectivity index (χ2v) is 5.06. The number of anilines is 1. The average Bonchev–Trinajstić information content (AvgIpc) is 2.43. The topological polar surface area (TPSA) is 153 Å². The molecule has 2 amide bonds. The Morgan fingerprint density at radius 3 is 2.48 bits per heavy atom. The number of carbonyl (C=O) groups is 2. The van der Waals surface area contributed by atoms with Gasteiger partial charge in [0.05, 0.1) is 10.3 Å². The maximum atomic E-state index is 12.0. The number of primary amides is 1. The van der Waals surface area contributed by atoms with E-state index in [0.29, 0.717) is 0 Å². The summed E-state index contributed by atoms with van der Waals surface area (Å²) in [4.78, 5) is 33.3. The third kappa shape index (κ3) is 3.89. The molecule has 21 heavy (non-hydrogen) atoms. The molecule has 0 saturated heterocycles. The first-order valence-electron chi connectivity index (χ1n) is 6.02. The van der Waals surface area contributed by atoms with Gasteiger partial charge in [0, 0.05) is 18.2 Å². The molecule has 1 rings (SSSR count). The lowest BCUT2D eigenvalue weighted by molar-refractivity contribution is -0.384. The van der Waals surface area contributed by atoms with Crippen LogP contribution in [0.1, 0.15) is 24.2 Å². The predicted octanol–water partition coefficient (Wildman–Crippen LogP) is 0.122. The van der Waals surface area contributed by atoms with Crippen LogP contribution in [0.2, 0.25) is 0 Å². The summed E-state index contributed by atoms with van der Waals surface area (Å²) < 4.78 is 0. The molecule has 1 aromatic rings. The molecule has 0 aliphatic heterocycles. The number of nitro groups is 1. The van der Waals surface area contributed by atoms with Crippen LogP contribution in [0.25, 0.3) is 0 Å². The molecular formula is C12H17N5O4. The van der Waals surface area contributed by atoms with E-state index in [1.807, 2.05) is 0 Å². The van der Waals surface area contributed by atoms with E-state index in [0.717, 1.165) is 6.07 Å². The largest absolute Gasteiger partial charge is 0.369 e. The number of benzene rings is 1. The first-order valence-corrected chi connectivity index (χ1v) is 6.02. The number of nitro benzene ring substituents is 1. The number of hydrazine groups is 1. The van der Waals surface area contributed by atoms with Crippen LogP contribution < -0.4 is 22.3 Å². The summed E-state index contributed by atoms with van der Waals surface area (Å²) in [5.74, 6) is 4.05. The Labute approximate surface area is 120 Å². The van der Waals surface area contributed by atoms with Crippen molar-refractivity contribution in [1.82, 2.24) is 5.32 Å². The van der Waals surface area contributed by atoms with Crippen molar-refractivity contribution in [2.75, 3.05) is 12.0 Å². The van der Waals surface area contributed by atoms with Crippen LogP contribution in [0.5, 0.6) is 0 Å². The molecule has 0 spiro atoms. The van der Waals surface area contributed by atoms with Gasteiger partial charge >= 0.3 is 0 Å². The number of nitrogens with zero attached hydrogens (tertiary/aromatic N) is 1. The number of carbonyl (C=O) groups excluding carboxylic acids is 2. The molecule has 0 bridgehead atoms. The number of amides is 2. The van der Waals surface area contributed by atoms with Crippen LogP contribution in [-0.4, -0.2) is 23.3 Å². The van der Waals surface area contributed by atoms with E-state index in [9.17, 15) is 19.7 Å². The molecule has 0 radical (unpaired) electrons. The molecule has 6 N–H and O–H groups in total. The number of hydrogen-bond donors (Lipinski definition) is 4. The third-order valence-corrected chi connectivity index (χ3v) is 2.97. The summed E-state index contributed by atoms with van der Waals surface area (Å²) in [6.45, 7) is 3.19. The molecule has 0 fully saturated rings. The second-order valence-electron chi connectivity index (χ2n) is 5.06. The highest BCUT2D eigenvalue weighted by molar-refractivity contribution is 5.96. The Hall–Kier alpha value is -2.68. The van der Waals surface area contributed by atoms with Gasteiger partial charge in [-0.05, 0) is 26.0 Å². The van der Waals surface area contributed by atoms with Crippen molar-refractivity contribution in [3.8, 4) is 0 Å². The molecule has 0 heterocycles. The van der Waals surface area contributed by atoms with Crippen LogP contribution in [0.15, 0.2) is 18.2 Å². The van der Waals surface area contributed by atoms with E-state index in [4.69, 9.17) is 11.6 Å². The molecule has 9 heteroatoms. The molecular weight excluding hydrogens is 278 g/mol. The Morgan fingerprint density at radius 2 is 2.00 bits per heavy atom. The number of hydrogen-bond acceptors (Lipinski definition) is 6. The highest BCUT2D eigenvalue weighted by Crippen LogP contribution is 2.24. The molecule has 9 nitrogen and oxygen atoms in total. The number of nitrogens with two attached hydrogens (primary N) is 2. The van der Waals surface area contributed by atoms with Gasteiger partial charge in [-0.2, -0.15) is 0 Å². The fourth-order valence-electron chi connectivity index (χ4n) is 1.44. The van der Waals surface area contributed by atoms with E-state index in [-0.39, 0.29) is 23.5 Å². The fraction of sp³-hybridized carbons (Fsp3) is 0.333. The standard InChI is InChI=1S/C12H17N5O4/c1-12(2,11(13)19)6-15-10(18)7-3-4-8(16-14)9(5-7)17(20)21/h3-5,16H,6,14H2,1-2H3,(H2,13,19)(H,15,18). The molecule has 114 valence electrons. The van der Waals surface area contributed by atoms with Gasteiger partial charge in [0.1, 0.15) is 5.69 Å². The van der Waals surface area contributed by atoms with Crippen molar-refractivity contribution >= 4 is 23.2 Å². The van der Waals surface area contributed by atoms with Crippen molar-refractivity contribution in [2.24, 2.45) is 17.0 Å². The first kappa shape index (κ1) is 16.4. The zero-order valence-electron chi connectivity index (χ0n) is 11.7. The van der Waals surface area contributed by atoms with Gasteiger partial charge in [-0.3, -0.25) is 25.5 Å². The fourth-order valence-corrected chi connectivity index (χ4v) is 1.44. The minimum atomic E-state index is -0.916. The van der Waals surface area contributed by atoms with E-state index in [1.165, 1.54) is 12.1 Å². The van der Waals surface area contributed by atoms with Crippen molar-refractivity contribution in [2.45, 2.75) is 13.8 Å². The third-order valence-electron chi connectivity index (χ3n) is 2.97. The van der Waals surface area contributed by atoms with Gasteiger partial charge < -0.3 is 16.5 Å². The molecule has 1 aromatic carbocycles. The summed E-state index contributed by atoms with van der Waals surface area (Å²) in [6.07, 6.45) is 0. The zero-order chi connectivity index (χ0) is 16.2. The number of nitrogen functional groups attached to an aromatic ring is 1. The van der Waals surface area contributed by atoms with Gasteiger partial charge in [-0.1, -0.05) is 0 Å². The Kier molecular flexibility index (Phi) is 4.82. The van der Waals surface area contributed by atoms with Gasteiger partial charge in [0.2, 0.25) is 5.91 Å². The van der Waals surface area contributed by atoms with Gasteiger partial charge in [-0.15, -0.1) is 0 Å². The smallest absolute Gasteiger partial charge is 0.294 e. The van der Waals surface area contributed by atoms with Crippen LogP contribution in [0.3, 0.4) is 0 Å². The maximum absolute atomic E-state index is 12.0. The SMILES string of the molecule is CC(C)(CNC(=O)c1ccc(NN)c([N+](=O)[O-])c1)C(N)=O. The van der Waals surface area contributed by atoms with Crippen molar-refractivity contribution < 1.29 is 14.5 Å². The summed E-state index contributed by atoms with van der Waals surface area (Å²) in [7, 11) is 0. The van der Waals surface area contributed by atoms with Crippen molar-refractivity contribution in [3.05, 3.63) is 33.9 Å². The minimum Gasteiger partial charge on any atom is -0.369 e. The van der Waals surface area contributed by atoms with Crippen LogP contribution >= 0.6 is 0 Å². The minimum absolute atomic E-state index is 0.0197. The summed E-state index contributed by atoms with van der Waals surface area (Å²) in [5, 5.41) is 13.4. The van der Waals surface area contributed by atoms with E-state index in [2.05, 4.69) is 10.7 Å². The highest BCUT2D eigenvalue weighted by Gasteiger charge is 2.26. The molecule has 0 aliphatic carbocycles. The lowest BCUT2D eigenvalue weighted by Gasteiger charge is -2.20. The van der Waals surface area contributed by atoms with E-state index in [1.54, 1.807) is 13.8 Å².